The number of fused-ring (bicyclic) bond motifs is 1. The molecule has 0 aromatic rings. The van der Waals surface area contributed by atoms with Gasteiger partial charge < -0.3 is 15.0 Å². The first-order valence-corrected chi connectivity index (χ1v) is 4.68. The molecular weight excluding hydrogens is 198 g/mol. The average Bonchev–Trinajstić information content (AvgIpc) is 2.58. The van der Waals surface area contributed by atoms with Crippen molar-refractivity contribution in [2.75, 3.05) is 20.8 Å². The minimum atomic E-state index is -0.559. The minimum Gasteiger partial charge on any atom is -0.467 e. The number of rotatable bonds is 1. The van der Waals surface area contributed by atoms with Gasteiger partial charge in [-0.3, -0.25) is 4.90 Å². The van der Waals surface area contributed by atoms with Crippen molar-refractivity contribution >= 4 is 12.0 Å². The summed E-state index contributed by atoms with van der Waals surface area (Å²) in [6.07, 6.45) is 2.36. The largest absolute Gasteiger partial charge is 0.467 e. The van der Waals surface area contributed by atoms with Crippen LogP contribution in [0.3, 0.4) is 0 Å². The van der Waals surface area contributed by atoms with Gasteiger partial charge in [-0.1, -0.05) is 0 Å². The van der Waals surface area contributed by atoms with Crippen molar-refractivity contribution in [3.05, 3.63) is 11.9 Å². The molecule has 0 aliphatic carbocycles. The second-order valence-corrected chi connectivity index (χ2v) is 3.68. The van der Waals surface area contributed by atoms with Crippen molar-refractivity contribution < 1.29 is 14.3 Å². The van der Waals surface area contributed by atoms with Crippen molar-refractivity contribution in [1.82, 2.24) is 15.1 Å². The van der Waals surface area contributed by atoms with Gasteiger partial charge in [0.25, 0.3) is 0 Å². The van der Waals surface area contributed by atoms with Gasteiger partial charge in [-0.15, -0.1) is 0 Å². The van der Waals surface area contributed by atoms with Crippen LogP contribution >= 0.6 is 0 Å². The Morgan fingerprint density at radius 1 is 1.67 bits per heavy atom. The molecule has 6 heteroatoms. The normalized spacial score (nSPS) is 24.5. The van der Waals surface area contributed by atoms with Crippen LogP contribution in [0.25, 0.3) is 0 Å². The third kappa shape index (κ3) is 1.62. The Hall–Kier alpha value is -1.72. The summed E-state index contributed by atoms with van der Waals surface area (Å²) in [7, 11) is 3.20. The van der Waals surface area contributed by atoms with Crippen LogP contribution in [-0.2, 0) is 9.53 Å². The van der Waals surface area contributed by atoms with E-state index in [4.69, 9.17) is 0 Å². The lowest BCUT2D eigenvalue weighted by molar-refractivity contribution is -0.143. The molecule has 1 fully saturated rings. The van der Waals surface area contributed by atoms with Crippen molar-refractivity contribution in [1.29, 1.82) is 0 Å². The number of ether oxygens (including phenoxy) is 1. The van der Waals surface area contributed by atoms with Crippen LogP contribution in [0.5, 0.6) is 0 Å². The molecule has 1 N–H and O–H groups in total. The van der Waals surface area contributed by atoms with E-state index in [0.717, 1.165) is 5.70 Å². The summed E-state index contributed by atoms with van der Waals surface area (Å²) in [5.41, 5.74) is 0.858. The summed E-state index contributed by atoms with van der Waals surface area (Å²) in [4.78, 5) is 26.4. The van der Waals surface area contributed by atoms with Crippen molar-refractivity contribution in [2.45, 2.75) is 12.5 Å². The lowest BCUT2D eigenvalue weighted by Crippen LogP contribution is -2.53. The highest BCUT2D eigenvalue weighted by molar-refractivity contribution is 5.86. The molecule has 2 amide bonds. The van der Waals surface area contributed by atoms with Crippen LogP contribution in [0.4, 0.5) is 4.79 Å². The molecule has 1 saturated heterocycles. The van der Waals surface area contributed by atoms with Gasteiger partial charge in [-0.05, 0) is 0 Å². The Bertz CT molecular complexity index is 339. The highest BCUT2D eigenvalue weighted by atomic mass is 16.5. The molecule has 2 rings (SSSR count). The van der Waals surface area contributed by atoms with Gasteiger partial charge in [-0.25, -0.2) is 9.59 Å². The molecule has 0 saturated carbocycles. The SMILES string of the molecule is COC(=O)[C@@H]1CC2=CN(C)CN2C(=O)N1. The zero-order chi connectivity index (χ0) is 11.0. The van der Waals surface area contributed by atoms with E-state index >= 15 is 0 Å². The number of nitrogens with zero attached hydrogens (tertiary/aromatic N) is 2. The Morgan fingerprint density at radius 3 is 3.07 bits per heavy atom. The van der Waals surface area contributed by atoms with Crippen molar-refractivity contribution in [3.63, 3.8) is 0 Å². The van der Waals surface area contributed by atoms with Gasteiger partial charge in [0, 0.05) is 25.4 Å². The van der Waals surface area contributed by atoms with Gasteiger partial charge in [0.15, 0.2) is 0 Å². The third-order valence-corrected chi connectivity index (χ3v) is 2.52. The lowest BCUT2D eigenvalue weighted by atomic mass is 10.1. The molecule has 2 aliphatic rings. The predicted molar refractivity (Wildman–Crippen MR) is 51.5 cm³/mol. The molecule has 82 valence electrons. The molecule has 0 spiro atoms. The van der Waals surface area contributed by atoms with Crippen LogP contribution in [0, 0.1) is 0 Å². The van der Waals surface area contributed by atoms with Gasteiger partial charge in [0.1, 0.15) is 6.04 Å². The van der Waals surface area contributed by atoms with Crippen LogP contribution in [0.15, 0.2) is 11.9 Å². The van der Waals surface area contributed by atoms with Gasteiger partial charge in [-0.2, -0.15) is 0 Å². The zero-order valence-corrected chi connectivity index (χ0v) is 8.69. The summed E-state index contributed by atoms with van der Waals surface area (Å²) >= 11 is 0. The standard InChI is InChI=1S/C9H13N3O3/c1-11-4-6-3-7(8(13)15-2)10-9(14)12(6)5-11/h4,7H,3,5H2,1-2H3,(H,10,14)/t7-/m0/s1. The van der Waals surface area contributed by atoms with Crippen LogP contribution in [0.2, 0.25) is 0 Å². The Kier molecular flexibility index (Phi) is 2.26. The monoisotopic (exact) mass is 211 g/mol. The first-order valence-electron chi connectivity index (χ1n) is 4.68. The van der Waals surface area contributed by atoms with Crippen molar-refractivity contribution in [2.24, 2.45) is 0 Å². The summed E-state index contributed by atoms with van der Waals surface area (Å²) in [5.74, 6) is -0.404. The average molecular weight is 211 g/mol. The molecule has 0 aromatic carbocycles. The number of esters is 1. The molecule has 6 nitrogen and oxygen atoms in total. The fraction of sp³-hybridized carbons (Fsp3) is 0.556. The second kappa shape index (κ2) is 3.45. The molecule has 0 unspecified atom stereocenters. The van der Waals surface area contributed by atoms with Gasteiger partial charge >= 0.3 is 12.0 Å². The van der Waals surface area contributed by atoms with E-state index in [1.54, 1.807) is 4.90 Å². The van der Waals surface area contributed by atoms with Crippen LogP contribution in [-0.4, -0.2) is 48.7 Å². The summed E-state index contributed by atoms with van der Waals surface area (Å²) in [6, 6.07) is -0.802. The third-order valence-electron chi connectivity index (χ3n) is 2.52. The quantitative estimate of drug-likeness (QED) is 0.604. The fourth-order valence-electron chi connectivity index (χ4n) is 1.81. The molecule has 0 radical (unpaired) electrons. The number of nitrogens with one attached hydrogen (secondary N) is 1. The molecule has 0 bridgehead atoms. The Balaban J connectivity index is 2.15. The van der Waals surface area contributed by atoms with E-state index in [9.17, 15) is 9.59 Å². The maximum Gasteiger partial charge on any atom is 0.328 e. The molecule has 2 aliphatic heterocycles. The van der Waals surface area contributed by atoms with Gasteiger partial charge in [0.2, 0.25) is 0 Å². The first kappa shape index (κ1) is 9.82. The number of methoxy groups -OCH3 is 1. The molecule has 0 aromatic heterocycles. The van der Waals surface area contributed by atoms with E-state index in [-0.39, 0.29) is 6.03 Å². The van der Waals surface area contributed by atoms with Crippen molar-refractivity contribution in [3.8, 4) is 0 Å². The number of hydrogen-bond acceptors (Lipinski definition) is 4. The molecule has 1 atom stereocenters. The van der Waals surface area contributed by atoms with E-state index in [1.165, 1.54) is 7.11 Å². The van der Waals surface area contributed by atoms with E-state index < -0.39 is 12.0 Å². The molecule has 15 heavy (non-hydrogen) atoms. The Labute approximate surface area is 87.5 Å². The van der Waals surface area contributed by atoms with Gasteiger partial charge in [0.05, 0.1) is 13.8 Å². The number of urea groups is 1. The highest BCUT2D eigenvalue weighted by Crippen LogP contribution is 2.23. The molecule has 2 heterocycles. The zero-order valence-electron chi connectivity index (χ0n) is 8.69. The first-order chi connectivity index (χ1) is 7.11. The fourth-order valence-corrected chi connectivity index (χ4v) is 1.81. The summed E-state index contributed by atoms with van der Waals surface area (Å²) in [6.45, 7) is 0.537. The second-order valence-electron chi connectivity index (χ2n) is 3.68. The summed E-state index contributed by atoms with van der Waals surface area (Å²) < 4.78 is 4.60. The van der Waals surface area contributed by atoms with E-state index in [2.05, 4.69) is 10.1 Å². The number of carbonyl (C=O) groups is 2. The van der Waals surface area contributed by atoms with Crippen LogP contribution in [0.1, 0.15) is 6.42 Å². The number of hydrogen-bond donors (Lipinski definition) is 1. The smallest absolute Gasteiger partial charge is 0.328 e. The van der Waals surface area contributed by atoms with Crippen LogP contribution < -0.4 is 5.32 Å². The lowest BCUT2D eigenvalue weighted by Gasteiger charge is -2.30. The maximum absolute atomic E-state index is 11.6. The summed E-state index contributed by atoms with van der Waals surface area (Å²) in [5, 5.41) is 2.60. The molecular formula is C9H13N3O3. The topological polar surface area (TPSA) is 61.9 Å². The minimum absolute atomic E-state index is 0.243. The maximum atomic E-state index is 11.6. The van der Waals surface area contributed by atoms with E-state index in [1.807, 2.05) is 18.1 Å². The van der Waals surface area contributed by atoms with E-state index in [0.29, 0.717) is 13.1 Å². The highest BCUT2D eigenvalue weighted by Gasteiger charge is 2.36. The predicted octanol–water partition coefficient (Wildman–Crippen LogP) is -0.312. The Morgan fingerprint density at radius 2 is 2.40 bits per heavy atom. The number of amides is 2. The number of carbonyl (C=O) groups excluding carboxylic acids is 2.